The van der Waals surface area contributed by atoms with Gasteiger partial charge in [-0.3, -0.25) is 0 Å². The Kier molecular flexibility index (Phi) is 3.52. The second-order valence-electron chi connectivity index (χ2n) is 4.26. The zero-order valence-corrected chi connectivity index (χ0v) is 12.8. The van der Waals surface area contributed by atoms with Crippen molar-refractivity contribution >= 4 is 38.9 Å². The monoisotopic (exact) mass is 336 g/mol. The number of anilines is 1. The number of pyridine rings is 1. The highest BCUT2D eigenvalue weighted by Gasteiger charge is 2.04. The molecule has 0 saturated carbocycles. The number of nitrogens with zero attached hydrogens (tertiary/aromatic N) is 3. The average molecular weight is 337 g/mol. The number of hydrogen-bond acceptors (Lipinski definition) is 4. The summed E-state index contributed by atoms with van der Waals surface area (Å²) >= 11 is 5.23. The molecule has 0 aromatic carbocycles. The molecule has 0 spiro atoms. The van der Waals surface area contributed by atoms with E-state index in [-0.39, 0.29) is 0 Å². The number of aryl methyl sites for hydroxylation is 1. The molecule has 0 unspecified atom stereocenters. The van der Waals surface area contributed by atoms with Crippen LogP contribution in [0.2, 0.25) is 0 Å². The smallest absolute Gasteiger partial charge is 0.243 e. The van der Waals surface area contributed by atoms with Gasteiger partial charge in [-0.15, -0.1) is 16.4 Å². The Balaban J connectivity index is 1.67. The van der Waals surface area contributed by atoms with Gasteiger partial charge in [0, 0.05) is 17.1 Å². The lowest BCUT2D eigenvalue weighted by Gasteiger charge is -1.99. The average Bonchev–Trinajstić information content (AvgIpc) is 2.97. The third-order valence-electron chi connectivity index (χ3n) is 2.83. The number of rotatable bonds is 4. The molecule has 98 valence electrons. The maximum absolute atomic E-state index is 4.44. The Hall–Kier alpha value is -1.40. The minimum Gasteiger partial charge on any atom is -0.353 e. The Labute approximate surface area is 123 Å². The zero-order chi connectivity index (χ0) is 13.2. The van der Waals surface area contributed by atoms with Crippen molar-refractivity contribution in [3.8, 4) is 0 Å². The van der Waals surface area contributed by atoms with Gasteiger partial charge in [-0.1, -0.05) is 6.07 Å². The third kappa shape index (κ3) is 2.79. The van der Waals surface area contributed by atoms with Gasteiger partial charge in [0.15, 0.2) is 5.65 Å². The standard InChI is InChI=1S/C13H13BrN4S/c1-9-3-2-4-12-16-13(17-18(9)12)15-8-7-10-5-6-11(14)19-10/h2-6H,7-8H2,1H3,(H,15,17). The van der Waals surface area contributed by atoms with Crippen LogP contribution in [0, 0.1) is 6.92 Å². The fourth-order valence-electron chi connectivity index (χ4n) is 1.89. The lowest BCUT2D eigenvalue weighted by molar-refractivity contribution is 0.906. The Morgan fingerprint density at radius 3 is 2.95 bits per heavy atom. The van der Waals surface area contributed by atoms with Crippen molar-refractivity contribution in [2.24, 2.45) is 0 Å². The van der Waals surface area contributed by atoms with Crippen molar-refractivity contribution in [1.29, 1.82) is 0 Å². The molecule has 0 fully saturated rings. The molecule has 6 heteroatoms. The summed E-state index contributed by atoms with van der Waals surface area (Å²) in [5.41, 5.74) is 1.96. The van der Waals surface area contributed by atoms with E-state index >= 15 is 0 Å². The molecule has 0 aliphatic heterocycles. The van der Waals surface area contributed by atoms with E-state index in [2.05, 4.69) is 43.5 Å². The molecular weight excluding hydrogens is 324 g/mol. The molecule has 3 heterocycles. The Morgan fingerprint density at radius 2 is 2.21 bits per heavy atom. The normalized spacial score (nSPS) is 11.1. The first kappa shape index (κ1) is 12.6. The molecule has 0 radical (unpaired) electrons. The van der Waals surface area contributed by atoms with Crippen LogP contribution in [0.4, 0.5) is 5.95 Å². The number of thiophene rings is 1. The van der Waals surface area contributed by atoms with E-state index in [1.165, 1.54) is 8.66 Å². The number of hydrogen-bond donors (Lipinski definition) is 1. The van der Waals surface area contributed by atoms with Crippen molar-refractivity contribution in [3.63, 3.8) is 0 Å². The van der Waals surface area contributed by atoms with Gasteiger partial charge in [0.25, 0.3) is 0 Å². The SMILES string of the molecule is Cc1cccc2nc(NCCc3ccc(Br)s3)nn12. The molecule has 0 saturated heterocycles. The molecule has 4 nitrogen and oxygen atoms in total. The van der Waals surface area contributed by atoms with Crippen molar-refractivity contribution < 1.29 is 0 Å². The quantitative estimate of drug-likeness (QED) is 0.792. The van der Waals surface area contributed by atoms with Crippen LogP contribution >= 0.6 is 27.3 Å². The van der Waals surface area contributed by atoms with Crippen LogP contribution in [-0.4, -0.2) is 21.1 Å². The minimum atomic E-state index is 0.685. The first-order chi connectivity index (χ1) is 9.22. The topological polar surface area (TPSA) is 42.2 Å². The van der Waals surface area contributed by atoms with Crippen LogP contribution in [-0.2, 0) is 6.42 Å². The van der Waals surface area contributed by atoms with Crippen LogP contribution in [0.25, 0.3) is 5.65 Å². The summed E-state index contributed by atoms with van der Waals surface area (Å²) < 4.78 is 3.02. The van der Waals surface area contributed by atoms with Crippen LogP contribution < -0.4 is 5.32 Å². The number of aromatic nitrogens is 3. The van der Waals surface area contributed by atoms with Gasteiger partial charge in [-0.25, -0.2) is 4.52 Å². The van der Waals surface area contributed by atoms with E-state index in [0.717, 1.165) is 24.3 Å². The largest absolute Gasteiger partial charge is 0.353 e. The Morgan fingerprint density at radius 1 is 1.32 bits per heavy atom. The van der Waals surface area contributed by atoms with Gasteiger partial charge in [0.1, 0.15) is 0 Å². The molecule has 0 aliphatic rings. The summed E-state index contributed by atoms with van der Waals surface area (Å²) in [5, 5.41) is 7.70. The second-order valence-corrected chi connectivity index (χ2v) is 6.80. The van der Waals surface area contributed by atoms with Crippen LogP contribution in [0.1, 0.15) is 10.6 Å². The first-order valence-corrected chi connectivity index (χ1v) is 7.64. The maximum atomic E-state index is 4.44. The van der Waals surface area contributed by atoms with Gasteiger partial charge in [-0.05, 0) is 53.5 Å². The van der Waals surface area contributed by atoms with E-state index in [9.17, 15) is 0 Å². The van der Waals surface area contributed by atoms with Crippen molar-refractivity contribution in [1.82, 2.24) is 14.6 Å². The van der Waals surface area contributed by atoms with Crippen molar-refractivity contribution in [3.05, 3.63) is 44.7 Å². The summed E-state index contributed by atoms with van der Waals surface area (Å²) in [4.78, 5) is 5.79. The van der Waals surface area contributed by atoms with Crippen LogP contribution in [0.15, 0.2) is 34.1 Å². The second kappa shape index (κ2) is 5.30. The highest BCUT2D eigenvalue weighted by atomic mass is 79.9. The first-order valence-electron chi connectivity index (χ1n) is 6.03. The molecular formula is C13H13BrN4S. The summed E-state index contributed by atoms with van der Waals surface area (Å²) in [6.45, 7) is 2.86. The van der Waals surface area contributed by atoms with E-state index < -0.39 is 0 Å². The molecule has 0 atom stereocenters. The molecule has 3 rings (SSSR count). The molecule has 0 aliphatic carbocycles. The van der Waals surface area contributed by atoms with Gasteiger partial charge < -0.3 is 5.32 Å². The van der Waals surface area contributed by atoms with Gasteiger partial charge in [-0.2, -0.15) is 4.98 Å². The van der Waals surface area contributed by atoms with E-state index in [1.54, 1.807) is 11.3 Å². The third-order valence-corrected chi connectivity index (χ3v) is 4.52. The van der Waals surface area contributed by atoms with E-state index in [4.69, 9.17) is 0 Å². The van der Waals surface area contributed by atoms with Gasteiger partial charge >= 0.3 is 0 Å². The van der Waals surface area contributed by atoms with Crippen molar-refractivity contribution in [2.45, 2.75) is 13.3 Å². The fourth-order valence-corrected chi connectivity index (χ4v) is 3.38. The lowest BCUT2D eigenvalue weighted by Crippen LogP contribution is -2.05. The number of nitrogens with one attached hydrogen (secondary N) is 1. The summed E-state index contributed by atoms with van der Waals surface area (Å²) in [7, 11) is 0. The van der Waals surface area contributed by atoms with Crippen LogP contribution in [0.3, 0.4) is 0 Å². The highest BCUT2D eigenvalue weighted by molar-refractivity contribution is 9.11. The molecule has 3 aromatic heterocycles. The summed E-state index contributed by atoms with van der Waals surface area (Å²) in [5.74, 6) is 0.685. The minimum absolute atomic E-state index is 0.685. The molecule has 3 aromatic rings. The van der Waals surface area contributed by atoms with E-state index in [1.807, 2.05) is 29.6 Å². The summed E-state index contributed by atoms with van der Waals surface area (Å²) in [6, 6.07) is 10.2. The number of halogens is 1. The van der Waals surface area contributed by atoms with Crippen molar-refractivity contribution in [2.75, 3.05) is 11.9 Å². The zero-order valence-electron chi connectivity index (χ0n) is 10.4. The maximum Gasteiger partial charge on any atom is 0.243 e. The molecule has 19 heavy (non-hydrogen) atoms. The highest BCUT2D eigenvalue weighted by Crippen LogP contribution is 2.22. The lowest BCUT2D eigenvalue weighted by atomic mass is 10.3. The fraction of sp³-hybridized carbons (Fsp3) is 0.231. The van der Waals surface area contributed by atoms with E-state index in [0.29, 0.717) is 5.95 Å². The molecule has 0 bridgehead atoms. The predicted octanol–water partition coefficient (Wildman–Crippen LogP) is 3.52. The van der Waals surface area contributed by atoms with Crippen LogP contribution in [0.5, 0.6) is 0 Å². The van der Waals surface area contributed by atoms with Gasteiger partial charge in [0.05, 0.1) is 3.79 Å². The molecule has 0 amide bonds. The molecule has 1 N–H and O–H groups in total. The summed E-state index contributed by atoms with van der Waals surface area (Å²) in [6.07, 6.45) is 0.977. The Bertz CT molecular complexity index is 704. The predicted molar refractivity (Wildman–Crippen MR) is 81.9 cm³/mol. The van der Waals surface area contributed by atoms with Gasteiger partial charge in [0.2, 0.25) is 5.95 Å². The number of fused-ring (bicyclic) bond motifs is 1.